The third kappa shape index (κ3) is 6.30. The van der Waals surface area contributed by atoms with Crippen LogP contribution in [0.1, 0.15) is 48.9 Å². The minimum atomic E-state index is -0.774. The summed E-state index contributed by atoms with van der Waals surface area (Å²) in [7, 11) is 0. The number of aliphatic hydroxyl groups is 1. The van der Waals surface area contributed by atoms with Gasteiger partial charge in [-0.1, -0.05) is 19.0 Å². The van der Waals surface area contributed by atoms with Crippen molar-refractivity contribution in [2.45, 2.75) is 63.9 Å². The summed E-state index contributed by atoms with van der Waals surface area (Å²) in [4.78, 5) is 33.9. The maximum atomic E-state index is 13.6. The molecule has 2 aromatic heterocycles. The van der Waals surface area contributed by atoms with E-state index in [-0.39, 0.29) is 37.2 Å². The van der Waals surface area contributed by atoms with Crippen LogP contribution in [0, 0.1) is 19.8 Å². The quantitative estimate of drug-likeness (QED) is 0.343. The molecule has 0 bridgehead atoms. The number of amides is 2. The van der Waals surface area contributed by atoms with Gasteiger partial charge in [0.1, 0.15) is 5.76 Å². The molecule has 11 heteroatoms. The van der Waals surface area contributed by atoms with E-state index in [4.69, 9.17) is 9.26 Å². The second kappa shape index (κ2) is 12.4. The number of aliphatic hydroxyl groups excluding tert-OH is 1. The number of likely N-dealkylation sites (tertiary alicyclic amines) is 1. The van der Waals surface area contributed by atoms with Gasteiger partial charge in [0.25, 0.3) is 0 Å². The van der Waals surface area contributed by atoms with Gasteiger partial charge in [-0.15, -0.1) is 0 Å². The molecule has 1 aliphatic rings. The average molecular weight is 603 g/mol. The minimum absolute atomic E-state index is 0.0725. The van der Waals surface area contributed by atoms with Crippen molar-refractivity contribution in [2.75, 3.05) is 13.2 Å². The molecule has 3 aromatic rings. The van der Waals surface area contributed by atoms with Crippen molar-refractivity contribution < 1.29 is 24.0 Å². The number of benzene rings is 1. The van der Waals surface area contributed by atoms with Gasteiger partial charge < -0.3 is 4.52 Å². The van der Waals surface area contributed by atoms with Crippen molar-refractivity contribution in [1.82, 2.24) is 20.4 Å². The molecule has 2 N–H and O–H groups in total. The van der Waals surface area contributed by atoms with Crippen LogP contribution in [0.25, 0.3) is 10.4 Å². The molecule has 2 unspecified atom stereocenters. The fourth-order valence-electron chi connectivity index (χ4n) is 4.77. The van der Waals surface area contributed by atoms with E-state index >= 15 is 0 Å². The zero-order valence-corrected chi connectivity index (χ0v) is 25.4. The summed E-state index contributed by atoms with van der Waals surface area (Å²) in [6.07, 6.45) is -0.589. The van der Waals surface area contributed by atoms with Gasteiger partial charge in [-0.2, -0.15) is 0 Å². The predicted octanol–water partition coefficient (Wildman–Crippen LogP) is 2.86. The van der Waals surface area contributed by atoms with E-state index in [1.165, 1.54) is 4.90 Å². The van der Waals surface area contributed by atoms with Crippen LogP contribution < -0.4 is 10.1 Å². The van der Waals surface area contributed by atoms with Crippen LogP contribution in [-0.2, 0) is 16.1 Å². The molecule has 0 aliphatic carbocycles. The van der Waals surface area contributed by atoms with E-state index in [0.29, 0.717) is 23.8 Å². The van der Waals surface area contributed by atoms with Crippen LogP contribution in [0.2, 0.25) is 5.21 Å². The molecule has 1 aromatic carbocycles. The average Bonchev–Trinajstić information content (AvgIpc) is 3.61. The molecule has 0 spiro atoms. The summed E-state index contributed by atoms with van der Waals surface area (Å²) in [6, 6.07) is 6.93. The molecule has 4 rings (SSSR count). The van der Waals surface area contributed by atoms with Gasteiger partial charge in [0, 0.05) is 6.07 Å². The number of hydrogen-bond acceptors (Lipinski definition) is 8. The number of carbonyl (C=O) groups is 2. The third-order valence-electron chi connectivity index (χ3n) is 6.65. The Morgan fingerprint density at radius 3 is 2.74 bits per heavy atom. The Morgan fingerprint density at radius 2 is 2.11 bits per heavy atom. The van der Waals surface area contributed by atoms with Gasteiger partial charge in [-0.25, -0.2) is 0 Å². The number of β-amino-alcohol motifs (C(OH)–C–C–N with tert-alkyl or cyclic N) is 1. The second-order valence-corrected chi connectivity index (χ2v) is 12.0. The molecular formula is C27H35AsN4O5S. The van der Waals surface area contributed by atoms with E-state index in [9.17, 15) is 14.7 Å². The van der Waals surface area contributed by atoms with Gasteiger partial charge in [0.2, 0.25) is 0 Å². The molecule has 1 aliphatic heterocycles. The number of nitrogens with one attached hydrogen (secondary N) is 1. The number of thiazole rings is 1. The molecule has 3 heterocycles. The molecule has 38 heavy (non-hydrogen) atoms. The number of ether oxygens (including phenoxy) is 1. The molecule has 204 valence electrons. The molecular weight excluding hydrogens is 567 g/mol. The number of hydrogen-bond donors (Lipinski definition) is 2. The first-order valence-corrected chi connectivity index (χ1v) is 15.3. The normalized spacial score (nSPS) is 18.1. The molecule has 4 atom stereocenters. The van der Waals surface area contributed by atoms with Crippen molar-refractivity contribution >= 4 is 40.0 Å². The smallest absolute Gasteiger partial charge is 0.0281 e. The summed E-state index contributed by atoms with van der Waals surface area (Å²) in [5.74, 6) is -0.0253. The Bertz CT molecular complexity index is 1280. The van der Waals surface area contributed by atoms with E-state index in [1.807, 2.05) is 44.5 Å². The first-order valence-electron chi connectivity index (χ1n) is 12.7. The maximum absolute atomic E-state index is 13.6. The van der Waals surface area contributed by atoms with Crippen LogP contribution in [-0.4, -0.2) is 74.1 Å². The van der Waals surface area contributed by atoms with Gasteiger partial charge in [-0.05, 0) is 12.8 Å². The van der Waals surface area contributed by atoms with E-state index in [2.05, 4.69) is 15.5 Å². The van der Waals surface area contributed by atoms with Gasteiger partial charge in [0.05, 0.1) is 5.69 Å². The molecule has 0 saturated carbocycles. The topological polar surface area (TPSA) is 118 Å². The largest absolute Gasteiger partial charge is 0.360 e. The SMILES string of the molecule is Cc1cc(C(C(=O)N2C[C@H](O)C[C@H]2C(=O)NCc2ccc(-c3scnc3C)cc2OCC[AsH2])C(C)C)on1. The number of nitrogens with zero attached hydrogens (tertiary/aromatic N) is 3. The summed E-state index contributed by atoms with van der Waals surface area (Å²) in [5.41, 5.74) is 5.34. The Morgan fingerprint density at radius 1 is 1.32 bits per heavy atom. The molecule has 1 saturated heterocycles. The van der Waals surface area contributed by atoms with Gasteiger partial charge >= 0.3 is 182 Å². The van der Waals surface area contributed by atoms with Crippen LogP contribution in [0.15, 0.2) is 34.3 Å². The Labute approximate surface area is 235 Å². The standard InChI is InChI=1S/C27H35AsN4O5S/c1-15(2)24(23-9-16(3)31-37-23)27(35)32-13-20(33)11-21(32)26(34)29-12-19-6-5-18(10-22(19)36-8-7-28)25-17(4)30-14-38-25/h5-6,9-10,14-15,20-21,24,33H,7-8,11-13,28H2,1-4H3,(H,29,34)/t20-,21+,24?/m1/s1. The first-order chi connectivity index (χ1) is 18.2. The summed E-state index contributed by atoms with van der Waals surface area (Å²) in [6.45, 7) is 8.56. The van der Waals surface area contributed by atoms with E-state index in [0.717, 1.165) is 26.9 Å². The predicted molar refractivity (Wildman–Crippen MR) is 148 cm³/mol. The van der Waals surface area contributed by atoms with Crippen molar-refractivity contribution in [2.24, 2.45) is 5.92 Å². The van der Waals surface area contributed by atoms with Crippen molar-refractivity contribution in [3.05, 3.63) is 52.5 Å². The molecule has 1 fully saturated rings. The monoisotopic (exact) mass is 602 g/mol. The van der Waals surface area contributed by atoms with E-state index < -0.39 is 18.1 Å². The number of carbonyl (C=O) groups excluding carboxylic acids is 2. The van der Waals surface area contributed by atoms with E-state index in [1.54, 1.807) is 41.2 Å². The second-order valence-electron chi connectivity index (χ2n) is 9.93. The fraction of sp³-hybridized carbons (Fsp3) is 0.481. The fourth-order valence-corrected chi connectivity index (χ4v) is 5.82. The van der Waals surface area contributed by atoms with Crippen LogP contribution in [0.3, 0.4) is 0 Å². The molecule has 0 radical (unpaired) electrons. The van der Waals surface area contributed by atoms with Crippen LogP contribution in [0.5, 0.6) is 5.75 Å². The summed E-state index contributed by atoms with van der Waals surface area (Å²) < 4.78 is 11.4. The summed E-state index contributed by atoms with van der Waals surface area (Å²) in [5, 5.41) is 18.2. The Kier molecular flexibility index (Phi) is 9.28. The van der Waals surface area contributed by atoms with Crippen molar-refractivity contribution in [3.63, 3.8) is 0 Å². The van der Waals surface area contributed by atoms with Gasteiger partial charge in [-0.3, -0.25) is 0 Å². The number of aryl methyl sites for hydroxylation is 2. The zero-order chi connectivity index (χ0) is 27.4. The van der Waals surface area contributed by atoms with Crippen molar-refractivity contribution in [3.8, 4) is 16.2 Å². The molecule has 9 nitrogen and oxygen atoms in total. The zero-order valence-electron chi connectivity index (χ0n) is 22.1. The van der Waals surface area contributed by atoms with Crippen LogP contribution >= 0.6 is 11.3 Å². The Balaban J connectivity index is 1.50. The van der Waals surface area contributed by atoms with Crippen molar-refractivity contribution in [1.29, 1.82) is 0 Å². The number of rotatable bonds is 10. The summed E-state index contributed by atoms with van der Waals surface area (Å²) >= 11 is 3.17. The molecule has 2 amide bonds. The third-order valence-corrected chi connectivity index (χ3v) is 8.13. The van der Waals surface area contributed by atoms with Crippen LogP contribution in [0.4, 0.5) is 0 Å². The Hall–Kier alpha value is -2.68. The maximum Gasteiger partial charge on any atom is -0.0281 e. The number of aromatic nitrogens is 2. The van der Waals surface area contributed by atoms with Gasteiger partial charge in [0.15, 0.2) is 0 Å². The minimum Gasteiger partial charge on any atom is -0.360 e. The first kappa shape index (κ1) is 28.3.